The first-order chi connectivity index (χ1) is 11.3. The molecule has 23 heavy (non-hydrogen) atoms. The fourth-order valence-electron chi connectivity index (χ4n) is 3.18. The summed E-state index contributed by atoms with van der Waals surface area (Å²) in [5.74, 6) is 2.61. The topological polar surface area (TPSA) is 67.5 Å². The Bertz CT molecular complexity index is 668. The summed E-state index contributed by atoms with van der Waals surface area (Å²) in [5, 5.41) is 8.46. The molecule has 1 unspecified atom stereocenters. The Morgan fingerprint density at radius 2 is 2.26 bits per heavy atom. The van der Waals surface area contributed by atoms with Gasteiger partial charge >= 0.3 is 0 Å². The summed E-state index contributed by atoms with van der Waals surface area (Å²) in [5.41, 5.74) is 1.11. The number of likely N-dealkylation sites (N-methyl/N-ethyl adjacent to an activating group) is 1. The Hall–Kier alpha value is -2.15. The second-order valence-corrected chi connectivity index (χ2v) is 6.14. The molecule has 0 amide bonds. The molecule has 7 heteroatoms. The van der Waals surface area contributed by atoms with Crippen molar-refractivity contribution in [3.8, 4) is 0 Å². The molecule has 0 radical (unpaired) electrons. The summed E-state index contributed by atoms with van der Waals surface area (Å²) in [6, 6.07) is 4.05. The lowest BCUT2D eigenvalue weighted by Crippen LogP contribution is -2.39. The van der Waals surface area contributed by atoms with Crippen LogP contribution in [0.1, 0.15) is 30.5 Å². The lowest BCUT2D eigenvalue weighted by atomic mass is 10.0. The molecule has 0 spiro atoms. The van der Waals surface area contributed by atoms with Gasteiger partial charge in [-0.2, -0.15) is 0 Å². The number of hydrogen-bond donors (Lipinski definition) is 0. The number of anilines is 2. The largest absolute Gasteiger partial charge is 0.423 e. The zero-order valence-electron chi connectivity index (χ0n) is 13.3. The maximum Gasteiger partial charge on any atom is 0.235 e. The van der Waals surface area contributed by atoms with E-state index in [1.165, 1.54) is 0 Å². The molecule has 1 fully saturated rings. The van der Waals surface area contributed by atoms with Crippen LogP contribution in [-0.2, 0) is 11.3 Å². The third-order valence-corrected chi connectivity index (χ3v) is 4.49. The molecule has 2 aliphatic heterocycles. The van der Waals surface area contributed by atoms with E-state index in [0.29, 0.717) is 24.9 Å². The van der Waals surface area contributed by atoms with Gasteiger partial charge in [0.25, 0.3) is 0 Å². The number of pyridine rings is 1. The van der Waals surface area contributed by atoms with Gasteiger partial charge in [-0.25, -0.2) is 4.98 Å². The molecule has 0 N–H and O–H groups in total. The van der Waals surface area contributed by atoms with Crippen molar-refractivity contribution in [2.45, 2.75) is 25.3 Å². The molecule has 7 nitrogen and oxygen atoms in total. The highest BCUT2D eigenvalue weighted by molar-refractivity contribution is 5.68. The molecular weight excluding hydrogens is 294 g/mol. The van der Waals surface area contributed by atoms with Gasteiger partial charge in [0.1, 0.15) is 0 Å². The van der Waals surface area contributed by atoms with Crippen LogP contribution in [0.4, 0.5) is 11.5 Å². The van der Waals surface area contributed by atoms with E-state index < -0.39 is 0 Å². The van der Waals surface area contributed by atoms with E-state index in [1.54, 1.807) is 0 Å². The molecule has 0 bridgehead atoms. The van der Waals surface area contributed by atoms with E-state index in [4.69, 9.17) is 9.15 Å². The predicted molar refractivity (Wildman–Crippen MR) is 85.6 cm³/mol. The van der Waals surface area contributed by atoms with Crippen LogP contribution >= 0.6 is 0 Å². The van der Waals surface area contributed by atoms with Gasteiger partial charge in [-0.05, 0) is 25.0 Å². The Balaban J connectivity index is 1.50. The smallest absolute Gasteiger partial charge is 0.235 e. The maximum atomic E-state index is 5.89. The Morgan fingerprint density at radius 1 is 1.30 bits per heavy atom. The van der Waals surface area contributed by atoms with Crippen LogP contribution < -0.4 is 9.80 Å². The molecule has 2 aromatic rings. The van der Waals surface area contributed by atoms with Gasteiger partial charge < -0.3 is 19.0 Å². The highest BCUT2D eigenvalue weighted by Crippen LogP contribution is 2.31. The standard InChI is InChI=1S/C16H21N5O2/c1-20-7-8-21(13-5-2-6-17-15(13)20)10-14-18-19-16(23-14)12-4-3-9-22-11-12/h2,5-6,12H,3-4,7-11H2,1H3. The molecule has 2 aliphatic rings. The van der Waals surface area contributed by atoms with Gasteiger partial charge in [0.15, 0.2) is 5.82 Å². The fourth-order valence-corrected chi connectivity index (χ4v) is 3.18. The van der Waals surface area contributed by atoms with Crippen LogP contribution in [0.2, 0.25) is 0 Å². The summed E-state index contributed by atoms with van der Waals surface area (Å²) >= 11 is 0. The van der Waals surface area contributed by atoms with Gasteiger partial charge in [0.05, 0.1) is 24.8 Å². The lowest BCUT2D eigenvalue weighted by molar-refractivity contribution is 0.0721. The molecule has 4 rings (SSSR count). The van der Waals surface area contributed by atoms with Gasteiger partial charge in [-0.15, -0.1) is 10.2 Å². The Morgan fingerprint density at radius 3 is 3.13 bits per heavy atom. The van der Waals surface area contributed by atoms with Crippen molar-refractivity contribution in [3.05, 3.63) is 30.1 Å². The van der Waals surface area contributed by atoms with Crippen LogP contribution in [0.5, 0.6) is 0 Å². The minimum absolute atomic E-state index is 0.242. The van der Waals surface area contributed by atoms with Crippen LogP contribution in [-0.4, -0.2) is 48.5 Å². The summed E-state index contributed by atoms with van der Waals surface area (Å²) in [6.45, 7) is 3.99. The van der Waals surface area contributed by atoms with Crippen LogP contribution in [0.25, 0.3) is 0 Å². The van der Waals surface area contributed by atoms with Crippen LogP contribution in [0.15, 0.2) is 22.7 Å². The summed E-state index contributed by atoms with van der Waals surface area (Å²) in [7, 11) is 2.07. The fraction of sp³-hybridized carbons (Fsp3) is 0.562. The third-order valence-electron chi connectivity index (χ3n) is 4.49. The van der Waals surface area contributed by atoms with Crippen molar-refractivity contribution in [1.82, 2.24) is 15.2 Å². The van der Waals surface area contributed by atoms with Crippen molar-refractivity contribution in [2.24, 2.45) is 0 Å². The van der Waals surface area contributed by atoms with Crippen LogP contribution in [0, 0.1) is 0 Å². The molecule has 4 heterocycles. The molecular formula is C16H21N5O2. The second-order valence-electron chi connectivity index (χ2n) is 6.14. The first kappa shape index (κ1) is 14.4. The van der Waals surface area contributed by atoms with E-state index in [0.717, 1.165) is 44.0 Å². The molecule has 0 aliphatic carbocycles. The van der Waals surface area contributed by atoms with E-state index in [1.807, 2.05) is 12.3 Å². The molecule has 1 atom stereocenters. The number of nitrogens with zero attached hydrogens (tertiary/aromatic N) is 5. The molecule has 2 aromatic heterocycles. The minimum atomic E-state index is 0.242. The van der Waals surface area contributed by atoms with Gasteiger partial charge in [-0.1, -0.05) is 0 Å². The van der Waals surface area contributed by atoms with E-state index in [9.17, 15) is 0 Å². The average Bonchev–Trinajstić information content (AvgIpc) is 3.07. The summed E-state index contributed by atoms with van der Waals surface area (Å²) in [6.07, 6.45) is 3.94. The molecule has 122 valence electrons. The Kier molecular flexibility index (Phi) is 3.87. The molecule has 0 aromatic carbocycles. The monoisotopic (exact) mass is 315 g/mol. The second kappa shape index (κ2) is 6.16. The van der Waals surface area contributed by atoms with Crippen LogP contribution in [0.3, 0.4) is 0 Å². The maximum absolute atomic E-state index is 5.89. The number of rotatable bonds is 3. The highest BCUT2D eigenvalue weighted by atomic mass is 16.5. The number of ether oxygens (including phenoxy) is 1. The van der Waals surface area contributed by atoms with Gasteiger partial charge in [0, 0.05) is 32.9 Å². The van der Waals surface area contributed by atoms with Crippen molar-refractivity contribution < 1.29 is 9.15 Å². The summed E-state index contributed by atoms with van der Waals surface area (Å²) < 4.78 is 11.4. The molecule has 0 saturated carbocycles. The van der Waals surface area contributed by atoms with Gasteiger partial charge in [-0.3, -0.25) is 0 Å². The lowest BCUT2D eigenvalue weighted by Gasteiger charge is -2.35. The van der Waals surface area contributed by atoms with Crippen molar-refractivity contribution >= 4 is 11.5 Å². The van der Waals surface area contributed by atoms with Crippen molar-refractivity contribution in [2.75, 3.05) is 43.2 Å². The quantitative estimate of drug-likeness (QED) is 0.855. The normalized spacial score (nSPS) is 21.3. The zero-order chi connectivity index (χ0) is 15.6. The Labute approximate surface area is 135 Å². The van der Waals surface area contributed by atoms with E-state index in [2.05, 4.69) is 38.1 Å². The SMILES string of the molecule is CN1CCN(Cc2nnc(C3CCCOC3)o2)c2cccnc21. The average molecular weight is 315 g/mol. The third kappa shape index (κ3) is 2.88. The molecule has 1 saturated heterocycles. The number of aromatic nitrogens is 3. The van der Waals surface area contributed by atoms with E-state index in [-0.39, 0.29) is 5.92 Å². The first-order valence-corrected chi connectivity index (χ1v) is 8.12. The van der Waals surface area contributed by atoms with Crippen molar-refractivity contribution in [3.63, 3.8) is 0 Å². The highest BCUT2D eigenvalue weighted by Gasteiger charge is 2.25. The first-order valence-electron chi connectivity index (χ1n) is 8.12. The number of hydrogen-bond acceptors (Lipinski definition) is 7. The van der Waals surface area contributed by atoms with Crippen molar-refractivity contribution in [1.29, 1.82) is 0 Å². The van der Waals surface area contributed by atoms with Gasteiger partial charge in [0.2, 0.25) is 11.8 Å². The summed E-state index contributed by atoms with van der Waals surface area (Å²) in [4.78, 5) is 8.89. The van der Waals surface area contributed by atoms with E-state index >= 15 is 0 Å². The predicted octanol–water partition coefficient (Wildman–Crippen LogP) is 1.81. The minimum Gasteiger partial charge on any atom is -0.423 e. The number of fused-ring (bicyclic) bond motifs is 1. The zero-order valence-corrected chi connectivity index (χ0v) is 13.3.